The van der Waals surface area contributed by atoms with Crippen molar-refractivity contribution >= 4 is 29.5 Å². The number of fused-ring (bicyclic) bond motifs is 1. The van der Waals surface area contributed by atoms with Crippen molar-refractivity contribution in [2.24, 2.45) is 0 Å². The molecule has 1 N–H and O–H groups in total. The molecule has 2 aromatic rings. The van der Waals surface area contributed by atoms with E-state index < -0.39 is 18.5 Å². The molecule has 150 valence electrons. The van der Waals surface area contributed by atoms with Gasteiger partial charge in [-0.15, -0.1) is 0 Å². The first-order valence-corrected chi connectivity index (χ1v) is 8.78. The van der Waals surface area contributed by atoms with E-state index >= 15 is 0 Å². The van der Waals surface area contributed by atoms with Gasteiger partial charge in [-0.3, -0.25) is 9.59 Å². The van der Waals surface area contributed by atoms with E-state index in [0.29, 0.717) is 22.7 Å². The molecule has 0 unspecified atom stereocenters. The zero-order valence-electron chi connectivity index (χ0n) is 16.0. The second kappa shape index (κ2) is 8.92. The summed E-state index contributed by atoms with van der Waals surface area (Å²) in [6, 6.07) is 11.7. The smallest absolute Gasteiger partial charge is 0.331 e. The van der Waals surface area contributed by atoms with E-state index in [0.717, 1.165) is 5.56 Å². The van der Waals surface area contributed by atoms with Gasteiger partial charge in [0.15, 0.2) is 18.1 Å². The number of ether oxygens (including phenoxy) is 3. The van der Waals surface area contributed by atoms with Gasteiger partial charge in [0.05, 0.1) is 0 Å². The number of carbonyl (C=O) groups is 3. The lowest BCUT2D eigenvalue weighted by Gasteiger charge is -2.11. The first kappa shape index (κ1) is 19.9. The first-order chi connectivity index (χ1) is 13.9. The zero-order valence-corrected chi connectivity index (χ0v) is 16.0. The van der Waals surface area contributed by atoms with Gasteiger partial charge in [0.2, 0.25) is 6.79 Å². The average molecular weight is 396 g/mol. The highest BCUT2D eigenvalue weighted by Gasteiger charge is 2.13. The molecule has 0 aromatic heterocycles. The first-order valence-electron chi connectivity index (χ1n) is 8.78. The summed E-state index contributed by atoms with van der Waals surface area (Å²) in [4.78, 5) is 37.0. The Balaban J connectivity index is 1.46. The third-order valence-corrected chi connectivity index (χ3v) is 3.98. The minimum atomic E-state index is -0.648. The number of nitrogens with one attached hydrogen (secondary N) is 1. The van der Waals surface area contributed by atoms with Crippen LogP contribution in [-0.4, -0.2) is 50.2 Å². The molecule has 0 spiro atoms. The number of nitrogens with zero attached hydrogens (tertiary/aromatic N) is 1. The van der Waals surface area contributed by atoms with Crippen molar-refractivity contribution in [2.75, 3.05) is 32.8 Å². The Bertz CT molecular complexity index is 950. The number of esters is 1. The quantitative estimate of drug-likeness (QED) is 0.595. The van der Waals surface area contributed by atoms with E-state index in [1.807, 2.05) is 0 Å². The molecule has 29 heavy (non-hydrogen) atoms. The predicted molar refractivity (Wildman–Crippen MR) is 106 cm³/mol. The van der Waals surface area contributed by atoms with Gasteiger partial charge < -0.3 is 24.4 Å². The fraction of sp³-hybridized carbons (Fsp3) is 0.190. The summed E-state index contributed by atoms with van der Waals surface area (Å²) in [5.74, 6) is -0.00369. The fourth-order valence-electron chi connectivity index (χ4n) is 2.52. The summed E-state index contributed by atoms with van der Waals surface area (Å²) in [5, 5.41) is 2.60. The lowest BCUT2D eigenvalue weighted by molar-refractivity contribution is -0.142. The highest BCUT2D eigenvalue weighted by atomic mass is 16.7. The monoisotopic (exact) mass is 396 g/mol. The van der Waals surface area contributed by atoms with E-state index in [9.17, 15) is 14.4 Å². The van der Waals surface area contributed by atoms with Gasteiger partial charge in [0.25, 0.3) is 11.8 Å². The van der Waals surface area contributed by atoms with Crippen LogP contribution in [0.15, 0.2) is 48.5 Å². The van der Waals surface area contributed by atoms with Crippen LogP contribution in [0.5, 0.6) is 11.5 Å². The number of carbonyl (C=O) groups excluding carboxylic acids is 3. The largest absolute Gasteiger partial charge is 0.454 e. The van der Waals surface area contributed by atoms with Crippen LogP contribution in [0.4, 0.5) is 5.69 Å². The van der Waals surface area contributed by atoms with Crippen LogP contribution in [0.2, 0.25) is 0 Å². The molecule has 0 bridgehead atoms. The molecule has 0 saturated heterocycles. The van der Waals surface area contributed by atoms with Gasteiger partial charge >= 0.3 is 5.97 Å². The minimum Gasteiger partial charge on any atom is -0.454 e. The molecule has 1 aliphatic heterocycles. The molecule has 1 heterocycles. The van der Waals surface area contributed by atoms with Gasteiger partial charge in [-0.25, -0.2) is 4.79 Å². The van der Waals surface area contributed by atoms with Crippen LogP contribution in [0.3, 0.4) is 0 Å². The topological polar surface area (TPSA) is 94.2 Å². The lowest BCUT2D eigenvalue weighted by Crippen LogP contribution is -2.22. The second-order valence-electron chi connectivity index (χ2n) is 6.38. The van der Waals surface area contributed by atoms with Gasteiger partial charge in [0, 0.05) is 31.4 Å². The highest BCUT2D eigenvalue weighted by molar-refractivity contribution is 5.96. The molecule has 0 radical (unpaired) electrons. The summed E-state index contributed by atoms with van der Waals surface area (Å²) in [6.45, 7) is -0.253. The Kier molecular flexibility index (Phi) is 6.13. The molecule has 2 aromatic carbocycles. The fourth-order valence-corrected chi connectivity index (χ4v) is 2.52. The van der Waals surface area contributed by atoms with Crippen LogP contribution in [0.1, 0.15) is 15.9 Å². The van der Waals surface area contributed by atoms with Gasteiger partial charge in [0.1, 0.15) is 0 Å². The molecule has 1 aliphatic rings. The van der Waals surface area contributed by atoms with Gasteiger partial charge in [-0.1, -0.05) is 6.07 Å². The second-order valence-corrected chi connectivity index (χ2v) is 6.38. The number of amides is 2. The number of hydrogen-bond acceptors (Lipinski definition) is 6. The van der Waals surface area contributed by atoms with E-state index in [4.69, 9.17) is 14.2 Å². The van der Waals surface area contributed by atoms with Crippen molar-refractivity contribution in [3.63, 3.8) is 0 Å². The Morgan fingerprint density at radius 2 is 1.79 bits per heavy atom. The number of benzene rings is 2. The summed E-state index contributed by atoms with van der Waals surface area (Å²) >= 11 is 0. The lowest BCUT2D eigenvalue weighted by atomic mass is 10.2. The minimum absolute atomic E-state index is 0.133. The third-order valence-electron chi connectivity index (χ3n) is 3.98. The molecule has 0 fully saturated rings. The maximum Gasteiger partial charge on any atom is 0.331 e. The number of rotatable bonds is 6. The maximum absolute atomic E-state index is 11.9. The van der Waals surface area contributed by atoms with Crippen LogP contribution in [0.25, 0.3) is 6.08 Å². The zero-order chi connectivity index (χ0) is 20.8. The van der Waals surface area contributed by atoms with Crippen molar-refractivity contribution in [1.29, 1.82) is 0 Å². The number of anilines is 1. The van der Waals surface area contributed by atoms with Crippen molar-refractivity contribution in [3.8, 4) is 11.5 Å². The van der Waals surface area contributed by atoms with Crippen LogP contribution in [-0.2, 0) is 14.3 Å². The Morgan fingerprint density at radius 1 is 1.07 bits per heavy atom. The Labute approximate surface area is 167 Å². The van der Waals surface area contributed by atoms with Crippen LogP contribution in [0, 0.1) is 0 Å². The Hall–Kier alpha value is -3.81. The Morgan fingerprint density at radius 3 is 2.52 bits per heavy atom. The summed E-state index contributed by atoms with van der Waals surface area (Å²) in [6.07, 6.45) is 2.79. The molecule has 8 heteroatoms. The van der Waals surface area contributed by atoms with E-state index in [2.05, 4.69) is 5.32 Å². The standard InChI is InChI=1S/C21H20N2O6/c1-23(2)21(26)15-5-7-16(8-6-15)22-19(24)12-27-20(25)10-4-14-3-9-17-18(11-14)29-13-28-17/h3-11H,12-13H2,1-2H3,(H,22,24)/b10-4+. The van der Waals surface area contributed by atoms with Crippen LogP contribution < -0.4 is 14.8 Å². The normalized spacial score (nSPS) is 11.9. The predicted octanol–water partition coefficient (Wildman–Crippen LogP) is 2.31. The van der Waals surface area contributed by atoms with Gasteiger partial charge in [-0.2, -0.15) is 0 Å². The van der Waals surface area contributed by atoms with E-state index in [1.54, 1.807) is 62.6 Å². The average Bonchev–Trinajstić information content (AvgIpc) is 3.18. The van der Waals surface area contributed by atoms with Crippen LogP contribution >= 0.6 is 0 Å². The third kappa shape index (κ3) is 5.35. The van der Waals surface area contributed by atoms with E-state index in [1.165, 1.54) is 11.0 Å². The molecule has 0 saturated carbocycles. The van der Waals surface area contributed by atoms with Crippen molar-refractivity contribution in [2.45, 2.75) is 0 Å². The summed E-state index contributed by atoms with van der Waals surface area (Å²) in [7, 11) is 3.32. The highest BCUT2D eigenvalue weighted by Crippen LogP contribution is 2.32. The molecular formula is C21H20N2O6. The van der Waals surface area contributed by atoms with Gasteiger partial charge in [-0.05, 0) is 48.0 Å². The molecule has 3 rings (SSSR count). The molecule has 0 aliphatic carbocycles. The molecule has 2 amide bonds. The molecular weight excluding hydrogens is 376 g/mol. The molecule has 0 atom stereocenters. The van der Waals surface area contributed by atoms with Crippen molar-refractivity contribution < 1.29 is 28.6 Å². The van der Waals surface area contributed by atoms with Crippen molar-refractivity contribution in [1.82, 2.24) is 4.90 Å². The SMILES string of the molecule is CN(C)C(=O)c1ccc(NC(=O)COC(=O)/C=C/c2ccc3c(c2)OCO3)cc1. The van der Waals surface area contributed by atoms with E-state index in [-0.39, 0.29) is 12.7 Å². The maximum atomic E-state index is 11.9. The van der Waals surface area contributed by atoms with Crippen molar-refractivity contribution in [3.05, 3.63) is 59.7 Å². The summed E-state index contributed by atoms with van der Waals surface area (Å²) < 4.78 is 15.4. The molecule has 8 nitrogen and oxygen atoms in total. The number of hydrogen-bond donors (Lipinski definition) is 1. The summed E-state index contributed by atoms with van der Waals surface area (Å²) in [5.41, 5.74) is 1.74.